The van der Waals surface area contributed by atoms with Gasteiger partial charge in [-0.25, -0.2) is 23.8 Å². The number of hydrazine groups is 1. The molecule has 0 aliphatic carbocycles. The van der Waals surface area contributed by atoms with Crippen LogP contribution in [0.2, 0.25) is 0 Å². The lowest BCUT2D eigenvalue weighted by Crippen LogP contribution is -2.42. The van der Waals surface area contributed by atoms with Crippen LogP contribution in [0.4, 0.5) is 5.95 Å². The van der Waals surface area contributed by atoms with Crippen LogP contribution in [0, 0.1) is 13.8 Å². The largest absolute Gasteiger partial charge is 0.390 e. The van der Waals surface area contributed by atoms with E-state index in [-0.39, 0.29) is 11.5 Å². The van der Waals surface area contributed by atoms with Gasteiger partial charge in [-0.2, -0.15) is 0 Å². The van der Waals surface area contributed by atoms with Crippen LogP contribution in [-0.4, -0.2) is 47.1 Å². The average Bonchev–Trinajstić information content (AvgIpc) is 2.47. The molecule has 1 aliphatic rings. The van der Waals surface area contributed by atoms with Gasteiger partial charge in [0.05, 0.1) is 23.7 Å². The van der Waals surface area contributed by atoms with Gasteiger partial charge in [0.25, 0.3) is 0 Å². The fourth-order valence-electron chi connectivity index (χ4n) is 1.91. The molecule has 1 fully saturated rings. The third-order valence-electron chi connectivity index (χ3n) is 2.67. The second kappa shape index (κ2) is 4.79. The van der Waals surface area contributed by atoms with Gasteiger partial charge < -0.3 is 5.11 Å². The van der Waals surface area contributed by atoms with Crippen LogP contribution in [0.1, 0.15) is 11.4 Å². The molecule has 2 atom stereocenters. The zero-order valence-electron chi connectivity index (χ0n) is 10.2. The number of nitrogens with one attached hydrogen (secondary N) is 2. The van der Waals surface area contributed by atoms with E-state index in [0.717, 1.165) is 11.4 Å². The van der Waals surface area contributed by atoms with E-state index >= 15 is 0 Å². The van der Waals surface area contributed by atoms with Crippen molar-refractivity contribution >= 4 is 15.8 Å². The first-order valence-corrected chi connectivity index (χ1v) is 7.40. The highest BCUT2D eigenvalue weighted by molar-refractivity contribution is 7.91. The summed E-state index contributed by atoms with van der Waals surface area (Å²) in [7, 11) is -3.16. The fraction of sp³-hybridized carbons (Fsp3) is 0.600. The average molecular weight is 272 g/mol. The monoisotopic (exact) mass is 272 g/mol. The van der Waals surface area contributed by atoms with E-state index in [2.05, 4.69) is 20.8 Å². The number of nitrogens with zero attached hydrogens (tertiary/aromatic N) is 2. The van der Waals surface area contributed by atoms with Crippen molar-refractivity contribution in [1.29, 1.82) is 0 Å². The molecule has 2 unspecified atom stereocenters. The van der Waals surface area contributed by atoms with Crippen LogP contribution < -0.4 is 10.9 Å². The topological polar surface area (TPSA) is 104 Å². The van der Waals surface area contributed by atoms with E-state index < -0.39 is 22.0 Å². The molecule has 18 heavy (non-hydrogen) atoms. The van der Waals surface area contributed by atoms with Gasteiger partial charge in [-0.1, -0.05) is 0 Å². The van der Waals surface area contributed by atoms with Gasteiger partial charge in [-0.3, -0.25) is 5.43 Å². The summed E-state index contributed by atoms with van der Waals surface area (Å²) < 4.78 is 22.6. The van der Waals surface area contributed by atoms with Crippen molar-refractivity contribution in [2.75, 3.05) is 16.9 Å². The van der Waals surface area contributed by atoms with E-state index in [4.69, 9.17) is 0 Å². The van der Waals surface area contributed by atoms with Gasteiger partial charge >= 0.3 is 0 Å². The van der Waals surface area contributed by atoms with Crippen molar-refractivity contribution in [3.8, 4) is 0 Å². The van der Waals surface area contributed by atoms with Crippen LogP contribution in [-0.2, 0) is 9.84 Å². The summed E-state index contributed by atoms with van der Waals surface area (Å²) in [6, 6.07) is 1.29. The predicted octanol–water partition coefficient (Wildman–Crippen LogP) is -0.832. The van der Waals surface area contributed by atoms with E-state index in [1.807, 2.05) is 19.9 Å². The van der Waals surface area contributed by atoms with Gasteiger partial charge in [0.15, 0.2) is 9.84 Å². The maximum atomic E-state index is 11.3. The molecule has 1 aromatic heterocycles. The van der Waals surface area contributed by atoms with Crippen molar-refractivity contribution in [2.24, 2.45) is 0 Å². The fourth-order valence-corrected chi connectivity index (χ4v) is 3.65. The third kappa shape index (κ3) is 3.15. The molecule has 7 nitrogen and oxygen atoms in total. The molecule has 0 bridgehead atoms. The van der Waals surface area contributed by atoms with Gasteiger partial charge in [0.1, 0.15) is 0 Å². The molecule has 1 aromatic rings. The molecular weight excluding hydrogens is 256 g/mol. The quantitative estimate of drug-likeness (QED) is 0.617. The number of hydrogen-bond donors (Lipinski definition) is 3. The summed E-state index contributed by atoms with van der Waals surface area (Å²) in [6.45, 7) is 3.68. The lowest BCUT2D eigenvalue weighted by molar-refractivity contribution is 0.170. The summed E-state index contributed by atoms with van der Waals surface area (Å²) in [5.74, 6) is 0.0652. The number of anilines is 1. The SMILES string of the molecule is Cc1cc(C)nc(NNC2CS(=O)(=O)CC2O)n1. The van der Waals surface area contributed by atoms with Gasteiger partial charge in [0.2, 0.25) is 5.95 Å². The molecule has 0 amide bonds. The molecule has 2 heterocycles. The number of aryl methyl sites for hydroxylation is 2. The minimum absolute atomic E-state index is 0.0913. The predicted molar refractivity (Wildman–Crippen MR) is 66.7 cm³/mol. The summed E-state index contributed by atoms with van der Waals surface area (Å²) >= 11 is 0. The maximum Gasteiger partial charge on any atom is 0.237 e. The van der Waals surface area contributed by atoms with Crippen molar-refractivity contribution < 1.29 is 13.5 Å². The Kier molecular flexibility index (Phi) is 3.51. The van der Waals surface area contributed by atoms with E-state index in [9.17, 15) is 13.5 Å². The van der Waals surface area contributed by atoms with Crippen molar-refractivity contribution in [1.82, 2.24) is 15.4 Å². The number of aliphatic hydroxyl groups is 1. The third-order valence-corrected chi connectivity index (χ3v) is 4.39. The molecular formula is C10H16N4O3S. The number of aromatic nitrogens is 2. The first-order chi connectivity index (χ1) is 8.35. The number of hydrogen-bond acceptors (Lipinski definition) is 7. The van der Waals surface area contributed by atoms with Crippen LogP contribution >= 0.6 is 0 Å². The Morgan fingerprint density at radius 3 is 2.39 bits per heavy atom. The Labute approximate surface area is 106 Å². The normalized spacial score (nSPS) is 26.2. The highest BCUT2D eigenvalue weighted by atomic mass is 32.2. The molecule has 2 rings (SSSR count). The smallest absolute Gasteiger partial charge is 0.237 e. The zero-order valence-corrected chi connectivity index (χ0v) is 11.0. The molecule has 3 N–H and O–H groups in total. The van der Waals surface area contributed by atoms with Crippen molar-refractivity contribution in [3.63, 3.8) is 0 Å². The second-order valence-electron chi connectivity index (χ2n) is 4.49. The molecule has 0 saturated carbocycles. The highest BCUT2D eigenvalue weighted by Gasteiger charge is 2.36. The molecule has 8 heteroatoms. The van der Waals surface area contributed by atoms with Crippen LogP contribution in [0.5, 0.6) is 0 Å². The molecule has 0 radical (unpaired) electrons. The standard InChI is InChI=1S/C10H16N4O3S/c1-6-3-7(2)12-10(11-6)14-13-8-4-18(16,17)5-9(8)15/h3,8-9,13,15H,4-5H2,1-2H3,(H,11,12,14). The van der Waals surface area contributed by atoms with Crippen molar-refractivity contribution in [3.05, 3.63) is 17.5 Å². The van der Waals surface area contributed by atoms with Gasteiger partial charge in [-0.05, 0) is 19.9 Å². The number of rotatable bonds is 3. The zero-order chi connectivity index (χ0) is 13.3. The maximum absolute atomic E-state index is 11.3. The summed E-state index contributed by atoms with van der Waals surface area (Å²) in [5, 5.41) is 9.59. The lowest BCUT2D eigenvalue weighted by atomic mass is 10.2. The van der Waals surface area contributed by atoms with E-state index in [0.29, 0.717) is 5.95 Å². The van der Waals surface area contributed by atoms with Crippen molar-refractivity contribution in [2.45, 2.75) is 26.0 Å². The highest BCUT2D eigenvalue weighted by Crippen LogP contribution is 2.12. The Morgan fingerprint density at radius 2 is 1.89 bits per heavy atom. The second-order valence-corrected chi connectivity index (χ2v) is 6.65. The molecule has 1 saturated heterocycles. The minimum atomic E-state index is -3.16. The van der Waals surface area contributed by atoms with Gasteiger partial charge in [-0.15, -0.1) is 0 Å². The molecule has 0 aromatic carbocycles. The minimum Gasteiger partial charge on any atom is -0.390 e. The van der Waals surface area contributed by atoms with E-state index in [1.165, 1.54) is 0 Å². The van der Waals surface area contributed by atoms with E-state index in [1.54, 1.807) is 0 Å². The molecule has 1 aliphatic heterocycles. The molecule has 0 spiro atoms. The Balaban J connectivity index is 2.00. The van der Waals surface area contributed by atoms with Gasteiger partial charge in [0, 0.05) is 11.4 Å². The number of sulfone groups is 1. The number of aliphatic hydroxyl groups excluding tert-OH is 1. The Bertz CT molecular complexity index is 526. The summed E-state index contributed by atoms with van der Waals surface area (Å²) in [6.07, 6.45) is -0.909. The first kappa shape index (κ1) is 13.2. The Morgan fingerprint density at radius 1 is 1.28 bits per heavy atom. The summed E-state index contributed by atoms with van der Waals surface area (Å²) in [4.78, 5) is 8.28. The summed E-state index contributed by atoms with van der Waals surface area (Å²) in [5.41, 5.74) is 7.12. The lowest BCUT2D eigenvalue weighted by Gasteiger charge is -2.15. The van der Waals surface area contributed by atoms with Crippen LogP contribution in [0.15, 0.2) is 6.07 Å². The van der Waals surface area contributed by atoms with Crippen LogP contribution in [0.25, 0.3) is 0 Å². The molecule has 100 valence electrons. The first-order valence-electron chi connectivity index (χ1n) is 5.58. The Hall–Kier alpha value is -1.25. The van der Waals surface area contributed by atoms with Crippen LogP contribution in [0.3, 0.4) is 0 Å².